The minimum Gasteiger partial charge on any atom is -0.494 e. The summed E-state index contributed by atoms with van der Waals surface area (Å²) in [4.78, 5) is 12.1. The smallest absolute Gasteiger partial charge is 0.220 e. The van der Waals surface area contributed by atoms with Crippen molar-refractivity contribution < 1.29 is 9.53 Å². The number of carbonyl (C=O) groups is 1. The molecular weight excluding hydrogens is 264 g/mol. The van der Waals surface area contributed by atoms with Gasteiger partial charge in [-0.05, 0) is 43.9 Å². The van der Waals surface area contributed by atoms with Gasteiger partial charge in [-0.2, -0.15) is 0 Å². The standard InChI is InChI=1S/C17H28N2O2/c1-5-21-15-9-6-14(7-10-15)8-11-16(20)19-17(4,12-18)13(2)3/h6-7,9-10,13H,5,8,11-12,18H2,1-4H3,(H,19,20). The van der Waals surface area contributed by atoms with E-state index < -0.39 is 0 Å². The SMILES string of the molecule is CCOc1ccc(CCC(=O)NC(C)(CN)C(C)C)cc1. The zero-order chi connectivity index (χ0) is 15.9. The third-order valence-electron chi connectivity index (χ3n) is 4.00. The molecule has 3 N–H and O–H groups in total. The van der Waals surface area contributed by atoms with Crippen molar-refractivity contribution in [3.63, 3.8) is 0 Å². The topological polar surface area (TPSA) is 64.3 Å². The number of rotatable bonds is 8. The molecule has 0 aliphatic rings. The minimum absolute atomic E-state index is 0.0468. The average Bonchev–Trinajstić information content (AvgIpc) is 2.46. The molecule has 1 atom stereocenters. The van der Waals surface area contributed by atoms with Crippen LogP contribution in [0.2, 0.25) is 0 Å². The highest BCUT2D eigenvalue weighted by Crippen LogP contribution is 2.16. The highest BCUT2D eigenvalue weighted by atomic mass is 16.5. The fourth-order valence-corrected chi connectivity index (χ4v) is 1.99. The van der Waals surface area contributed by atoms with Crippen molar-refractivity contribution >= 4 is 5.91 Å². The van der Waals surface area contributed by atoms with E-state index in [2.05, 4.69) is 19.2 Å². The van der Waals surface area contributed by atoms with Crippen LogP contribution < -0.4 is 15.8 Å². The summed E-state index contributed by atoms with van der Waals surface area (Å²) in [6.45, 7) is 9.20. The molecule has 1 unspecified atom stereocenters. The van der Waals surface area contributed by atoms with Gasteiger partial charge in [0, 0.05) is 13.0 Å². The molecule has 4 heteroatoms. The first-order chi connectivity index (χ1) is 9.91. The summed E-state index contributed by atoms with van der Waals surface area (Å²) in [5.74, 6) is 1.21. The lowest BCUT2D eigenvalue weighted by Gasteiger charge is -2.33. The first-order valence-corrected chi connectivity index (χ1v) is 7.64. The van der Waals surface area contributed by atoms with E-state index in [0.29, 0.717) is 25.5 Å². The van der Waals surface area contributed by atoms with E-state index in [-0.39, 0.29) is 11.4 Å². The Balaban J connectivity index is 2.49. The second-order valence-electron chi connectivity index (χ2n) is 5.90. The monoisotopic (exact) mass is 292 g/mol. The lowest BCUT2D eigenvalue weighted by atomic mass is 9.88. The number of carbonyl (C=O) groups excluding carboxylic acids is 1. The second kappa shape index (κ2) is 8.03. The van der Waals surface area contributed by atoms with Gasteiger partial charge in [-0.1, -0.05) is 26.0 Å². The van der Waals surface area contributed by atoms with Crippen molar-refractivity contribution in [3.05, 3.63) is 29.8 Å². The van der Waals surface area contributed by atoms with Gasteiger partial charge in [-0.15, -0.1) is 0 Å². The molecule has 0 aromatic heterocycles. The van der Waals surface area contributed by atoms with Crippen LogP contribution in [0.1, 0.15) is 39.7 Å². The number of benzene rings is 1. The van der Waals surface area contributed by atoms with Gasteiger partial charge in [0.2, 0.25) is 5.91 Å². The molecule has 1 amide bonds. The Morgan fingerprint density at radius 1 is 1.33 bits per heavy atom. The number of aryl methyl sites for hydroxylation is 1. The van der Waals surface area contributed by atoms with Crippen molar-refractivity contribution in [2.24, 2.45) is 11.7 Å². The molecule has 0 saturated heterocycles. The fraction of sp³-hybridized carbons (Fsp3) is 0.588. The van der Waals surface area contributed by atoms with E-state index >= 15 is 0 Å². The normalized spacial score (nSPS) is 13.8. The number of ether oxygens (including phenoxy) is 1. The lowest BCUT2D eigenvalue weighted by molar-refractivity contribution is -0.123. The van der Waals surface area contributed by atoms with Crippen molar-refractivity contribution in [3.8, 4) is 5.75 Å². The third-order valence-corrected chi connectivity index (χ3v) is 4.00. The van der Waals surface area contributed by atoms with E-state index in [4.69, 9.17) is 10.5 Å². The summed E-state index contributed by atoms with van der Waals surface area (Å²) in [7, 11) is 0. The Morgan fingerprint density at radius 2 is 1.95 bits per heavy atom. The van der Waals surface area contributed by atoms with Gasteiger partial charge in [-0.3, -0.25) is 4.79 Å². The van der Waals surface area contributed by atoms with Crippen molar-refractivity contribution in [2.45, 2.75) is 46.1 Å². The number of nitrogens with one attached hydrogen (secondary N) is 1. The third kappa shape index (κ3) is 5.38. The molecule has 118 valence electrons. The van der Waals surface area contributed by atoms with Gasteiger partial charge in [0.05, 0.1) is 12.1 Å². The van der Waals surface area contributed by atoms with E-state index in [1.807, 2.05) is 38.1 Å². The molecule has 21 heavy (non-hydrogen) atoms. The Hall–Kier alpha value is -1.55. The maximum atomic E-state index is 12.1. The Labute approximate surface area is 128 Å². The van der Waals surface area contributed by atoms with Gasteiger partial charge in [0.15, 0.2) is 0 Å². The van der Waals surface area contributed by atoms with Crippen LogP contribution in [0, 0.1) is 5.92 Å². The summed E-state index contributed by atoms with van der Waals surface area (Å²) < 4.78 is 5.40. The highest BCUT2D eigenvalue weighted by Gasteiger charge is 2.28. The summed E-state index contributed by atoms with van der Waals surface area (Å²) in [5, 5.41) is 3.06. The first kappa shape index (κ1) is 17.5. The molecule has 0 saturated carbocycles. The van der Waals surface area contributed by atoms with Gasteiger partial charge in [0.25, 0.3) is 0 Å². The Morgan fingerprint density at radius 3 is 2.43 bits per heavy atom. The molecule has 0 bridgehead atoms. The van der Waals surface area contributed by atoms with Crippen molar-refractivity contribution in [1.29, 1.82) is 0 Å². The average molecular weight is 292 g/mol. The summed E-state index contributed by atoms with van der Waals surface area (Å²) in [5.41, 5.74) is 6.57. The lowest BCUT2D eigenvalue weighted by Crippen LogP contribution is -2.55. The number of amides is 1. The van der Waals surface area contributed by atoms with E-state index in [1.54, 1.807) is 0 Å². The zero-order valence-electron chi connectivity index (χ0n) is 13.6. The fourth-order valence-electron chi connectivity index (χ4n) is 1.99. The number of nitrogens with two attached hydrogens (primary N) is 1. The first-order valence-electron chi connectivity index (χ1n) is 7.64. The molecule has 0 heterocycles. The molecule has 1 aromatic carbocycles. The molecule has 0 aliphatic heterocycles. The Kier molecular flexibility index (Phi) is 6.69. The minimum atomic E-state index is -0.337. The second-order valence-corrected chi connectivity index (χ2v) is 5.90. The molecule has 0 radical (unpaired) electrons. The predicted molar refractivity (Wildman–Crippen MR) is 86.4 cm³/mol. The number of hydrogen-bond donors (Lipinski definition) is 2. The van der Waals surface area contributed by atoms with E-state index in [1.165, 1.54) is 0 Å². The van der Waals surface area contributed by atoms with Crippen LogP contribution >= 0.6 is 0 Å². The zero-order valence-corrected chi connectivity index (χ0v) is 13.6. The highest BCUT2D eigenvalue weighted by molar-refractivity contribution is 5.77. The van der Waals surface area contributed by atoms with Crippen LogP contribution in [0.5, 0.6) is 5.75 Å². The van der Waals surface area contributed by atoms with Crippen molar-refractivity contribution in [1.82, 2.24) is 5.32 Å². The molecule has 0 fully saturated rings. The summed E-state index contributed by atoms with van der Waals surface area (Å²) >= 11 is 0. The van der Waals surface area contributed by atoms with Crippen LogP contribution in [0.15, 0.2) is 24.3 Å². The molecule has 0 aliphatic carbocycles. The maximum absolute atomic E-state index is 12.1. The molecule has 4 nitrogen and oxygen atoms in total. The van der Waals surface area contributed by atoms with Gasteiger partial charge in [-0.25, -0.2) is 0 Å². The molecule has 1 aromatic rings. The quantitative estimate of drug-likeness (QED) is 0.774. The Bertz CT molecular complexity index is 443. The summed E-state index contributed by atoms with van der Waals surface area (Å²) in [6.07, 6.45) is 1.19. The summed E-state index contributed by atoms with van der Waals surface area (Å²) in [6, 6.07) is 7.88. The van der Waals surface area contributed by atoms with Crippen molar-refractivity contribution in [2.75, 3.05) is 13.2 Å². The van der Waals surface area contributed by atoms with Crippen LogP contribution in [0.4, 0.5) is 0 Å². The van der Waals surface area contributed by atoms with Gasteiger partial charge in [0.1, 0.15) is 5.75 Å². The largest absolute Gasteiger partial charge is 0.494 e. The van der Waals surface area contributed by atoms with Crippen LogP contribution in [-0.4, -0.2) is 24.6 Å². The van der Waals surface area contributed by atoms with Gasteiger partial charge >= 0.3 is 0 Å². The maximum Gasteiger partial charge on any atom is 0.220 e. The van der Waals surface area contributed by atoms with Gasteiger partial charge < -0.3 is 15.8 Å². The van der Waals surface area contributed by atoms with Crippen LogP contribution in [0.3, 0.4) is 0 Å². The number of hydrogen-bond acceptors (Lipinski definition) is 3. The molecular formula is C17H28N2O2. The molecule has 0 spiro atoms. The molecule has 1 rings (SSSR count). The predicted octanol–water partition coefficient (Wildman–Crippen LogP) is 2.51. The van der Waals surface area contributed by atoms with Crippen LogP contribution in [-0.2, 0) is 11.2 Å². The van der Waals surface area contributed by atoms with Crippen LogP contribution in [0.25, 0.3) is 0 Å². The van der Waals surface area contributed by atoms with E-state index in [0.717, 1.165) is 17.7 Å². The van der Waals surface area contributed by atoms with E-state index in [9.17, 15) is 4.79 Å².